The zero-order valence-electron chi connectivity index (χ0n) is 19.7. The number of hydrogen-bond donors (Lipinski definition) is 2. The SMILES string of the molecule is COc1ccc(N(C)C(=O)[C@@H]2Cc3cccc(c3)CSc3[nH]c4ccccc4c3CC(=O)N2)cc1.[HH].[HH]. The van der Waals surface area contributed by atoms with Crippen molar-refractivity contribution >= 4 is 40.2 Å². The molecule has 2 heterocycles. The Hall–Kier alpha value is -3.71. The lowest BCUT2D eigenvalue weighted by molar-refractivity contribution is -0.127. The van der Waals surface area contributed by atoms with Gasteiger partial charge in [0.15, 0.2) is 0 Å². The average Bonchev–Trinajstić information content (AvgIpc) is 3.23. The van der Waals surface area contributed by atoms with Crippen molar-refractivity contribution in [3.05, 3.63) is 89.5 Å². The largest absolute Gasteiger partial charge is 0.497 e. The Morgan fingerprint density at radius 3 is 2.63 bits per heavy atom. The van der Waals surface area contributed by atoms with E-state index in [4.69, 9.17) is 4.74 Å². The Kier molecular flexibility index (Phi) is 6.51. The summed E-state index contributed by atoms with van der Waals surface area (Å²) in [5, 5.41) is 5.06. The number of hydrogen-bond acceptors (Lipinski definition) is 4. The van der Waals surface area contributed by atoms with Gasteiger partial charge in [0, 0.05) is 44.2 Å². The third kappa shape index (κ3) is 4.91. The van der Waals surface area contributed by atoms with Crippen molar-refractivity contribution in [3.63, 3.8) is 0 Å². The first kappa shape index (κ1) is 23.1. The summed E-state index contributed by atoms with van der Waals surface area (Å²) in [6.45, 7) is 0. The molecule has 3 aromatic carbocycles. The summed E-state index contributed by atoms with van der Waals surface area (Å²) in [6.07, 6.45) is 0.626. The van der Waals surface area contributed by atoms with Gasteiger partial charge < -0.3 is 19.9 Å². The van der Waals surface area contributed by atoms with E-state index < -0.39 is 6.04 Å². The number of carbonyl (C=O) groups excluding carboxylic acids is 2. The summed E-state index contributed by atoms with van der Waals surface area (Å²) >= 11 is 1.70. The second kappa shape index (κ2) is 9.88. The van der Waals surface area contributed by atoms with Crippen molar-refractivity contribution in [2.75, 3.05) is 19.1 Å². The number of benzene rings is 3. The Bertz CT molecular complexity index is 1390. The molecule has 0 spiro atoms. The van der Waals surface area contributed by atoms with Gasteiger partial charge >= 0.3 is 0 Å². The van der Waals surface area contributed by atoms with Crippen molar-refractivity contribution in [2.45, 2.75) is 29.7 Å². The number of anilines is 1. The van der Waals surface area contributed by atoms with Crippen LogP contribution in [0.5, 0.6) is 5.75 Å². The van der Waals surface area contributed by atoms with Crippen molar-refractivity contribution in [1.29, 1.82) is 0 Å². The lowest BCUT2D eigenvalue weighted by atomic mass is 10.0. The second-order valence-electron chi connectivity index (χ2n) is 8.68. The number of aromatic amines is 1. The maximum atomic E-state index is 13.6. The number of H-pyrrole nitrogens is 1. The second-order valence-corrected chi connectivity index (χ2v) is 9.67. The number of thioether (sulfide) groups is 1. The molecule has 0 saturated heterocycles. The van der Waals surface area contributed by atoms with Gasteiger partial charge in [-0.3, -0.25) is 9.59 Å². The number of nitrogens with one attached hydrogen (secondary N) is 2. The molecule has 0 aliphatic carbocycles. The van der Waals surface area contributed by atoms with Crippen LogP contribution in [0.1, 0.15) is 19.5 Å². The molecule has 7 heteroatoms. The summed E-state index contributed by atoms with van der Waals surface area (Å²) in [6, 6.07) is 22.9. The predicted octanol–water partition coefficient (Wildman–Crippen LogP) is 5.21. The van der Waals surface area contributed by atoms with Crippen LogP contribution < -0.4 is 15.0 Å². The minimum absolute atomic E-state index is 0. The van der Waals surface area contributed by atoms with Crippen LogP contribution in [-0.4, -0.2) is 37.0 Å². The number of aromatic nitrogens is 1. The number of methoxy groups -OCH3 is 1. The van der Waals surface area contributed by atoms with Gasteiger partial charge in [0.25, 0.3) is 0 Å². The lowest BCUT2D eigenvalue weighted by Gasteiger charge is -2.25. The molecule has 0 saturated carbocycles. The molecule has 1 atom stereocenters. The number of nitrogens with zero attached hydrogens (tertiary/aromatic N) is 1. The van der Waals surface area contributed by atoms with Crippen LogP contribution in [-0.2, 0) is 28.2 Å². The van der Waals surface area contributed by atoms with Gasteiger partial charge in [0.1, 0.15) is 11.8 Å². The fourth-order valence-electron chi connectivity index (χ4n) is 4.48. The highest BCUT2D eigenvalue weighted by Crippen LogP contribution is 2.33. The van der Waals surface area contributed by atoms with Gasteiger partial charge in [-0.25, -0.2) is 0 Å². The Morgan fingerprint density at radius 1 is 1.06 bits per heavy atom. The lowest BCUT2D eigenvalue weighted by Crippen LogP contribution is -2.49. The van der Waals surface area contributed by atoms with E-state index >= 15 is 0 Å². The Labute approximate surface area is 211 Å². The molecule has 2 amide bonds. The Morgan fingerprint density at radius 2 is 1.83 bits per heavy atom. The normalized spacial score (nSPS) is 15.9. The first-order valence-electron chi connectivity index (χ1n) is 11.5. The molecule has 182 valence electrons. The maximum Gasteiger partial charge on any atom is 0.249 e. The molecular formula is C28H31N3O3S. The molecule has 0 unspecified atom stereocenters. The van der Waals surface area contributed by atoms with Crippen LogP contribution in [0.15, 0.2) is 77.8 Å². The van der Waals surface area contributed by atoms with Crippen molar-refractivity contribution < 1.29 is 17.2 Å². The first-order chi connectivity index (χ1) is 17.0. The van der Waals surface area contributed by atoms with Crippen LogP contribution in [0, 0.1) is 0 Å². The summed E-state index contributed by atoms with van der Waals surface area (Å²) in [5.41, 5.74) is 4.91. The third-order valence-corrected chi connectivity index (χ3v) is 7.46. The van der Waals surface area contributed by atoms with E-state index in [1.807, 2.05) is 60.7 Å². The molecule has 1 aliphatic rings. The number of rotatable bonds is 3. The van der Waals surface area contributed by atoms with Gasteiger partial charge in [-0.2, -0.15) is 0 Å². The number of amides is 2. The topological polar surface area (TPSA) is 74.4 Å². The minimum atomic E-state index is -0.689. The number of ether oxygens (including phenoxy) is 1. The molecule has 35 heavy (non-hydrogen) atoms. The average molecular weight is 490 g/mol. The molecule has 2 N–H and O–H groups in total. The van der Waals surface area contributed by atoms with Gasteiger partial charge in [-0.1, -0.05) is 42.5 Å². The van der Waals surface area contributed by atoms with Crippen LogP contribution in [0.3, 0.4) is 0 Å². The standard InChI is InChI=1S/C28H27N3O3S.2H2/c1-31(20-10-12-21(34-2)13-11-20)28(33)25-15-18-6-5-7-19(14-18)17-35-27-23(16-26(32)29-25)22-8-3-4-9-24(22)30-27;;/h3-14,25,30H,15-17H2,1-2H3,(H,29,32);2*1H/t25-;;/m0../s1. The molecular weight excluding hydrogens is 458 g/mol. The van der Waals surface area contributed by atoms with Crippen molar-refractivity contribution in [2.24, 2.45) is 0 Å². The summed E-state index contributed by atoms with van der Waals surface area (Å²) < 4.78 is 5.23. The molecule has 0 fully saturated rings. The monoisotopic (exact) mass is 489 g/mol. The molecule has 1 aromatic heterocycles. The number of fused-ring (bicyclic) bond motifs is 5. The Balaban J connectivity index is 0.00000190. The minimum Gasteiger partial charge on any atom is -0.497 e. The number of likely N-dealkylation sites (N-methyl/N-ethyl adjacent to an activating group) is 1. The van der Waals surface area contributed by atoms with E-state index in [9.17, 15) is 9.59 Å². The van der Waals surface area contributed by atoms with Crippen molar-refractivity contribution in [1.82, 2.24) is 10.3 Å². The van der Waals surface area contributed by atoms with Gasteiger partial charge in [0.2, 0.25) is 11.8 Å². The zero-order chi connectivity index (χ0) is 24.4. The van der Waals surface area contributed by atoms with Crippen LogP contribution in [0.2, 0.25) is 0 Å². The van der Waals surface area contributed by atoms with Crippen molar-refractivity contribution in [3.8, 4) is 5.75 Å². The van der Waals surface area contributed by atoms with E-state index in [2.05, 4.69) is 22.4 Å². The van der Waals surface area contributed by atoms with E-state index in [0.29, 0.717) is 6.42 Å². The molecule has 5 rings (SSSR count). The molecule has 1 aliphatic heterocycles. The third-order valence-electron chi connectivity index (χ3n) is 6.35. The van der Waals surface area contributed by atoms with Gasteiger partial charge in [0.05, 0.1) is 18.6 Å². The van der Waals surface area contributed by atoms with Gasteiger partial charge in [-0.05, 0) is 41.5 Å². The quantitative estimate of drug-likeness (QED) is 0.414. The molecule has 0 radical (unpaired) electrons. The van der Waals surface area contributed by atoms with Crippen LogP contribution >= 0.6 is 11.8 Å². The molecule has 2 bridgehead atoms. The number of carbonyl (C=O) groups is 2. The highest BCUT2D eigenvalue weighted by Gasteiger charge is 2.27. The fourth-order valence-corrected chi connectivity index (χ4v) is 5.51. The van der Waals surface area contributed by atoms with E-state index in [-0.39, 0.29) is 21.1 Å². The summed E-state index contributed by atoms with van der Waals surface area (Å²) in [5.74, 6) is 1.16. The van der Waals surface area contributed by atoms with Crippen LogP contribution in [0.25, 0.3) is 10.9 Å². The van der Waals surface area contributed by atoms with Crippen LogP contribution in [0.4, 0.5) is 5.69 Å². The summed E-state index contributed by atoms with van der Waals surface area (Å²) in [4.78, 5) is 31.9. The van der Waals surface area contributed by atoms with E-state index in [1.165, 1.54) is 5.56 Å². The molecule has 4 aromatic rings. The zero-order valence-corrected chi connectivity index (χ0v) is 20.5. The smallest absolute Gasteiger partial charge is 0.249 e. The predicted molar refractivity (Wildman–Crippen MR) is 144 cm³/mol. The maximum absolute atomic E-state index is 13.6. The first-order valence-corrected chi connectivity index (χ1v) is 12.5. The molecule has 6 nitrogen and oxygen atoms in total. The fraction of sp³-hybridized carbons (Fsp3) is 0.214. The van der Waals surface area contributed by atoms with E-state index in [0.717, 1.165) is 44.2 Å². The highest BCUT2D eigenvalue weighted by molar-refractivity contribution is 7.98. The highest BCUT2D eigenvalue weighted by atomic mass is 32.2. The van der Waals surface area contributed by atoms with Gasteiger partial charge in [-0.15, -0.1) is 11.8 Å². The summed E-state index contributed by atoms with van der Waals surface area (Å²) in [7, 11) is 3.34. The van der Waals surface area contributed by atoms with E-state index in [1.54, 1.807) is 30.8 Å². The number of para-hydroxylation sites is 1.